The third kappa shape index (κ3) is 4.55. The van der Waals surface area contributed by atoms with Gasteiger partial charge in [0.15, 0.2) is 0 Å². The number of aliphatic carboxylic acids is 1. The Kier molecular flexibility index (Phi) is 5.32. The maximum atomic E-state index is 10.9. The summed E-state index contributed by atoms with van der Waals surface area (Å²) in [5, 5.41) is 8.84. The monoisotopic (exact) mass is 250 g/mol. The first-order chi connectivity index (χ1) is 8.52. The average Bonchev–Trinajstić information content (AvgIpc) is 2.29. The first-order valence-corrected chi connectivity index (χ1v) is 5.82. The van der Waals surface area contributed by atoms with Gasteiger partial charge in [-0.05, 0) is 17.7 Å². The summed E-state index contributed by atoms with van der Waals surface area (Å²) in [5.74, 6) is -1.24. The third-order valence-electron chi connectivity index (χ3n) is 2.68. The molecule has 0 saturated heterocycles. The van der Waals surface area contributed by atoms with Gasteiger partial charge in [0.05, 0.1) is 13.0 Å². The molecule has 0 radical (unpaired) electrons. The van der Waals surface area contributed by atoms with Gasteiger partial charge in [-0.3, -0.25) is 14.5 Å². The van der Waals surface area contributed by atoms with Gasteiger partial charge in [-0.25, -0.2) is 0 Å². The highest BCUT2D eigenvalue weighted by atomic mass is 16.4. The molecule has 0 bridgehead atoms. The minimum atomic E-state index is -0.861. The zero-order chi connectivity index (χ0) is 13.5. The summed E-state index contributed by atoms with van der Waals surface area (Å²) >= 11 is 0. The Morgan fingerprint density at radius 3 is 2.39 bits per heavy atom. The quantitative estimate of drug-likeness (QED) is 0.743. The van der Waals surface area contributed by atoms with Crippen molar-refractivity contribution in [1.29, 1.82) is 0 Å². The van der Waals surface area contributed by atoms with E-state index in [0.29, 0.717) is 13.1 Å². The van der Waals surface area contributed by atoms with E-state index in [9.17, 15) is 9.59 Å². The predicted octanol–water partition coefficient (Wildman–Crippen LogP) is 0.621. The number of hydrogen-bond acceptors (Lipinski definition) is 3. The summed E-state index contributed by atoms with van der Waals surface area (Å²) in [4.78, 5) is 23.6. The average molecular weight is 250 g/mol. The zero-order valence-corrected chi connectivity index (χ0v) is 10.4. The van der Waals surface area contributed by atoms with Crippen LogP contribution in [0, 0.1) is 0 Å². The molecule has 5 heteroatoms. The van der Waals surface area contributed by atoms with Crippen LogP contribution in [0.2, 0.25) is 0 Å². The summed E-state index contributed by atoms with van der Waals surface area (Å²) in [6, 6.07) is 7.34. The van der Waals surface area contributed by atoms with Crippen molar-refractivity contribution in [3.8, 4) is 0 Å². The highest BCUT2D eigenvalue weighted by molar-refractivity contribution is 5.76. The summed E-state index contributed by atoms with van der Waals surface area (Å²) < 4.78 is 0. The first kappa shape index (κ1) is 14.2. The summed E-state index contributed by atoms with van der Waals surface area (Å²) in [6.07, 6.45) is -0.00962. The SMILES string of the molecule is CCN(CC(N)=O)Cc1ccccc1CC(=O)O. The maximum Gasteiger partial charge on any atom is 0.307 e. The van der Waals surface area contributed by atoms with Crippen LogP contribution in [0.4, 0.5) is 0 Å². The lowest BCUT2D eigenvalue weighted by molar-refractivity contribution is -0.136. The molecular weight excluding hydrogens is 232 g/mol. The lowest BCUT2D eigenvalue weighted by Gasteiger charge is -2.20. The Labute approximate surface area is 106 Å². The lowest BCUT2D eigenvalue weighted by Crippen LogP contribution is -2.33. The number of carbonyl (C=O) groups is 2. The van der Waals surface area contributed by atoms with Crippen LogP contribution in [0.5, 0.6) is 0 Å². The van der Waals surface area contributed by atoms with E-state index in [2.05, 4.69) is 0 Å². The van der Waals surface area contributed by atoms with Crippen molar-refractivity contribution < 1.29 is 14.7 Å². The molecule has 3 N–H and O–H groups in total. The van der Waals surface area contributed by atoms with Gasteiger partial charge in [-0.2, -0.15) is 0 Å². The number of rotatable bonds is 7. The number of likely N-dealkylation sites (N-methyl/N-ethyl adjacent to an activating group) is 1. The second-order valence-corrected chi connectivity index (χ2v) is 4.11. The molecule has 1 aromatic rings. The molecule has 98 valence electrons. The fraction of sp³-hybridized carbons (Fsp3) is 0.385. The van der Waals surface area contributed by atoms with Gasteiger partial charge in [0.25, 0.3) is 0 Å². The van der Waals surface area contributed by atoms with Gasteiger partial charge in [0.1, 0.15) is 0 Å². The molecule has 0 aliphatic rings. The van der Waals surface area contributed by atoms with Crippen molar-refractivity contribution in [3.63, 3.8) is 0 Å². The van der Waals surface area contributed by atoms with Crippen LogP contribution in [-0.2, 0) is 22.6 Å². The van der Waals surface area contributed by atoms with Gasteiger partial charge in [0, 0.05) is 6.54 Å². The Bertz CT molecular complexity index is 432. The van der Waals surface area contributed by atoms with Crippen molar-refractivity contribution in [2.75, 3.05) is 13.1 Å². The number of carboxylic acids is 1. The number of hydrogen-bond donors (Lipinski definition) is 2. The van der Waals surface area contributed by atoms with Crippen molar-refractivity contribution in [2.24, 2.45) is 5.73 Å². The molecule has 0 aliphatic heterocycles. The summed E-state index contributed by atoms with van der Waals surface area (Å²) in [7, 11) is 0. The van der Waals surface area contributed by atoms with Crippen molar-refractivity contribution in [1.82, 2.24) is 4.90 Å². The Balaban J connectivity index is 2.81. The fourth-order valence-corrected chi connectivity index (χ4v) is 1.79. The van der Waals surface area contributed by atoms with E-state index in [1.807, 2.05) is 30.0 Å². The number of primary amides is 1. The van der Waals surface area contributed by atoms with E-state index < -0.39 is 5.97 Å². The molecule has 0 fully saturated rings. The molecule has 1 rings (SSSR count). The number of carbonyl (C=O) groups excluding carboxylic acids is 1. The standard InChI is InChI=1S/C13H18N2O3/c1-2-15(9-12(14)16)8-11-6-4-3-5-10(11)7-13(17)18/h3-6H,2,7-9H2,1H3,(H2,14,16)(H,17,18). The van der Waals surface area contributed by atoms with Gasteiger partial charge >= 0.3 is 5.97 Å². The number of amides is 1. The number of nitrogens with zero attached hydrogens (tertiary/aromatic N) is 1. The van der Waals surface area contributed by atoms with Crippen LogP contribution in [0.1, 0.15) is 18.1 Å². The van der Waals surface area contributed by atoms with E-state index in [4.69, 9.17) is 10.8 Å². The fourth-order valence-electron chi connectivity index (χ4n) is 1.79. The van der Waals surface area contributed by atoms with Gasteiger partial charge in [-0.15, -0.1) is 0 Å². The molecule has 18 heavy (non-hydrogen) atoms. The van der Waals surface area contributed by atoms with Gasteiger partial charge < -0.3 is 10.8 Å². The highest BCUT2D eigenvalue weighted by Crippen LogP contribution is 2.12. The Hall–Kier alpha value is -1.88. The zero-order valence-electron chi connectivity index (χ0n) is 10.4. The predicted molar refractivity (Wildman–Crippen MR) is 67.9 cm³/mol. The van der Waals surface area contributed by atoms with Gasteiger partial charge in [0.2, 0.25) is 5.91 Å². The normalized spacial score (nSPS) is 10.6. The lowest BCUT2D eigenvalue weighted by atomic mass is 10.0. The summed E-state index contributed by atoms with van der Waals surface area (Å²) in [5.41, 5.74) is 6.86. The maximum absolute atomic E-state index is 10.9. The van der Waals surface area contributed by atoms with Crippen LogP contribution in [0.3, 0.4) is 0 Å². The molecule has 1 aromatic carbocycles. The smallest absolute Gasteiger partial charge is 0.307 e. The third-order valence-corrected chi connectivity index (χ3v) is 2.68. The van der Waals surface area contributed by atoms with Crippen LogP contribution < -0.4 is 5.73 Å². The molecule has 0 unspecified atom stereocenters. The van der Waals surface area contributed by atoms with Crippen molar-refractivity contribution in [3.05, 3.63) is 35.4 Å². The topological polar surface area (TPSA) is 83.6 Å². The molecule has 0 heterocycles. The van der Waals surface area contributed by atoms with E-state index >= 15 is 0 Å². The number of carboxylic acid groups (broad SMARTS) is 1. The summed E-state index contributed by atoms with van der Waals surface area (Å²) in [6.45, 7) is 3.33. The molecule has 5 nitrogen and oxygen atoms in total. The molecule has 0 saturated carbocycles. The van der Waals surface area contributed by atoms with Crippen molar-refractivity contribution >= 4 is 11.9 Å². The second-order valence-electron chi connectivity index (χ2n) is 4.11. The first-order valence-electron chi connectivity index (χ1n) is 5.82. The molecule has 0 spiro atoms. The second kappa shape index (κ2) is 6.76. The van der Waals surface area contributed by atoms with Crippen molar-refractivity contribution in [2.45, 2.75) is 19.9 Å². The number of nitrogens with two attached hydrogens (primary N) is 1. The Morgan fingerprint density at radius 2 is 1.89 bits per heavy atom. The highest BCUT2D eigenvalue weighted by Gasteiger charge is 2.11. The molecule has 0 aliphatic carbocycles. The largest absolute Gasteiger partial charge is 0.481 e. The molecular formula is C13H18N2O3. The van der Waals surface area contributed by atoms with E-state index in [-0.39, 0.29) is 18.9 Å². The van der Waals surface area contributed by atoms with Gasteiger partial charge in [-0.1, -0.05) is 31.2 Å². The Morgan fingerprint density at radius 1 is 1.28 bits per heavy atom. The van der Waals surface area contributed by atoms with Crippen LogP contribution in [-0.4, -0.2) is 35.0 Å². The number of benzene rings is 1. The van der Waals surface area contributed by atoms with E-state index in [0.717, 1.165) is 11.1 Å². The van der Waals surface area contributed by atoms with Crippen LogP contribution in [0.25, 0.3) is 0 Å². The van der Waals surface area contributed by atoms with E-state index in [1.165, 1.54) is 0 Å². The van der Waals surface area contributed by atoms with Crippen LogP contribution >= 0.6 is 0 Å². The van der Waals surface area contributed by atoms with Crippen LogP contribution in [0.15, 0.2) is 24.3 Å². The van der Waals surface area contributed by atoms with E-state index in [1.54, 1.807) is 6.07 Å². The molecule has 0 aromatic heterocycles. The molecule has 1 amide bonds. The minimum absolute atomic E-state index is 0.00962. The molecule has 0 atom stereocenters. The minimum Gasteiger partial charge on any atom is -0.481 e.